The monoisotopic (exact) mass is 340 g/mol. The summed E-state index contributed by atoms with van der Waals surface area (Å²) in [6.07, 6.45) is 0.705. The van der Waals surface area contributed by atoms with Gasteiger partial charge in [0.25, 0.3) is 0 Å². The molecule has 0 aromatic rings. The smallest absolute Gasteiger partial charge is 0.420 e. The summed E-state index contributed by atoms with van der Waals surface area (Å²) in [7, 11) is -4.85. The van der Waals surface area contributed by atoms with Crippen molar-refractivity contribution in [3.05, 3.63) is 0 Å². The van der Waals surface area contributed by atoms with Crippen molar-refractivity contribution in [2.75, 3.05) is 6.61 Å². The number of hydrogen-bond donors (Lipinski definition) is 0. The molecule has 0 aromatic carbocycles. The molecule has 0 aliphatic heterocycles. The molecule has 0 radical (unpaired) electrons. The van der Waals surface area contributed by atoms with Gasteiger partial charge >= 0.3 is 16.5 Å². The zero-order valence-electron chi connectivity index (χ0n) is 11.8. The molecule has 4 aliphatic rings. The van der Waals surface area contributed by atoms with E-state index in [0.717, 1.165) is 38.5 Å². The molecule has 5 nitrogen and oxygen atoms in total. The Morgan fingerprint density at radius 1 is 1.14 bits per heavy atom. The molecule has 0 amide bonds. The van der Waals surface area contributed by atoms with E-state index in [-0.39, 0.29) is 12.0 Å². The van der Waals surface area contributed by atoms with Crippen LogP contribution in [0.3, 0.4) is 0 Å². The van der Waals surface area contributed by atoms with Crippen LogP contribution in [0.5, 0.6) is 0 Å². The zero-order valence-corrected chi connectivity index (χ0v) is 12.6. The van der Waals surface area contributed by atoms with Crippen molar-refractivity contribution in [1.82, 2.24) is 0 Å². The molecule has 0 spiro atoms. The molecule has 126 valence electrons. The van der Waals surface area contributed by atoms with Crippen molar-refractivity contribution in [3.8, 4) is 0 Å². The maximum atomic E-state index is 12.1. The number of halogens is 3. The van der Waals surface area contributed by atoms with Crippen LogP contribution in [0.1, 0.15) is 38.5 Å². The molecule has 0 N–H and O–H groups in total. The van der Waals surface area contributed by atoms with Gasteiger partial charge < -0.3 is 5.11 Å². The predicted octanol–water partition coefficient (Wildman–Crippen LogP) is 1.79. The van der Waals surface area contributed by atoms with Crippen LogP contribution < -0.4 is 5.11 Å². The maximum absolute atomic E-state index is 12.1. The summed E-state index contributed by atoms with van der Waals surface area (Å²) in [6, 6.07) is 0. The molecule has 4 fully saturated rings. The number of rotatable bonds is 4. The van der Waals surface area contributed by atoms with Crippen LogP contribution in [0.25, 0.3) is 0 Å². The summed E-state index contributed by atoms with van der Waals surface area (Å²) in [5.41, 5.74) is -0.279. The van der Waals surface area contributed by atoms with Crippen LogP contribution in [-0.2, 0) is 14.5 Å². The third-order valence-corrected chi connectivity index (χ3v) is 5.92. The molecule has 4 rings (SSSR count). The summed E-state index contributed by atoms with van der Waals surface area (Å²) >= 11 is 0. The van der Waals surface area contributed by atoms with Gasteiger partial charge in [0.15, 0.2) is 0 Å². The highest BCUT2D eigenvalue weighted by molar-refractivity contribution is 7.85. The lowest BCUT2D eigenvalue weighted by molar-refractivity contribution is -0.262. The van der Waals surface area contributed by atoms with Gasteiger partial charge in [-0.2, -0.15) is 26.0 Å². The molecule has 0 heterocycles. The minimum Gasteiger partial charge on any atom is -0.855 e. The zero-order chi connectivity index (χ0) is 16.2. The number of alkyl halides is 3. The highest BCUT2D eigenvalue weighted by atomic mass is 32.2. The fourth-order valence-electron chi connectivity index (χ4n) is 4.85. The van der Waals surface area contributed by atoms with E-state index < -0.39 is 22.4 Å². The normalized spacial score (nSPS) is 38.5. The fourth-order valence-corrected chi connectivity index (χ4v) is 5.60. The van der Waals surface area contributed by atoms with E-state index in [9.17, 15) is 26.7 Å². The molecule has 0 atom stereocenters. The molecule has 0 saturated heterocycles. The van der Waals surface area contributed by atoms with Crippen LogP contribution in [-0.4, -0.2) is 27.1 Å². The van der Waals surface area contributed by atoms with Crippen molar-refractivity contribution >= 4 is 16.2 Å². The quantitative estimate of drug-likeness (QED) is 0.577. The van der Waals surface area contributed by atoms with Gasteiger partial charge in [0.05, 0.1) is 12.5 Å². The number of hydrogen-bond acceptors (Lipinski definition) is 4. The third-order valence-electron chi connectivity index (χ3n) is 5.12. The summed E-state index contributed by atoms with van der Waals surface area (Å²) in [5.74, 6) is -0.970. The van der Waals surface area contributed by atoms with Crippen LogP contribution in [0.15, 0.2) is 4.40 Å². The highest BCUT2D eigenvalue weighted by Crippen LogP contribution is 2.60. The van der Waals surface area contributed by atoms with E-state index in [1.807, 2.05) is 0 Å². The molecule has 4 bridgehead atoms. The lowest BCUT2D eigenvalue weighted by Gasteiger charge is -2.56. The largest absolute Gasteiger partial charge is 0.855 e. The lowest BCUT2D eigenvalue weighted by Crippen LogP contribution is -2.48. The molecule has 22 heavy (non-hydrogen) atoms. The summed E-state index contributed by atoms with van der Waals surface area (Å²) in [4.78, 5) is 0. The van der Waals surface area contributed by atoms with Crippen LogP contribution in [0.2, 0.25) is 0 Å². The average molecular weight is 340 g/mol. The summed E-state index contributed by atoms with van der Waals surface area (Å²) in [5, 5.41) is 10.7. The summed E-state index contributed by atoms with van der Waals surface area (Å²) in [6.45, 7) is -0.173. The Morgan fingerprint density at radius 2 is 1.59 bits per heavy atom. The minimum absolute atomic E-state index is 0.173. The van der Waals surface area contributed by atoms with Gasteiger partial charge in [0, 0.05) is 0 Å². The van der Waals surface area contributed by atoms with E-state index in [2.05, 4.69) is 8.58 Å². The number of nitrogens with zero attached hydrogens (tertiary/aromatic N) is 1. The molecule has 4 aliphatic carbocycles. The minimum atomic E-state index is -5.31. The van der Waals surface area contributed by atoms with Crippen LogP contribution in [0.4, 0.5) is 13.2 Å². The first-order valence-electron chi connectivity index (χ1n) is 7.30. The Balaban J connectivity index is 1.67. The third kappa shape index (κ3) is 3.24. The molecular formula is C13H17F3NO4S-. The van der Waals surface area contributed by atoms with Crippen molar-refractivity contribution in [2.24, 2.45) is 27.6 Å². The Labute approximate surface area is 126 Å². The van der Waals surface area contributed by atoms with Crippen molar-refractivity contribution in [1.29, 1.82) is 0 Å². The van der Waals surface area contributed by atoms with Gasteiger partial charge in [0.2, 0.25) is 0 Å². The molecule has 4 saturated carbocycles. The Hall–Kier alpha value is -0.830. The van der Waals surface area contributed by atoms with Crippen LogP contribution >= 0.6 is 0 Å². The van der Waals surface area contributed by atoms with E-state index in [1.165, 1.54) is 0 Å². The Bertz CT molecular complexity index is 549. The first kappa shape index (κ1) is 16.0. The summed E-state index contributed by atoms with van der Waals surface area (Å²) < 4.78 is 66.0. The standard InChI is InChI=1S/C13H18F3NO4S/c14-13(15,16)11(18)17-22(19,20)21-7-12-4-8-1-9(5-12)3-10(2-8)6-12/h8-10H,1-7H2,(H,17,18)/p-1. The van der Waals surface area contributed by atoms with Crippen molar-refractivity contribution < 1.29 is 30.9 Å². The second-order valence-electron chi connectivity index (χ2n) is 7.00. The maximum Gasteiger partial charge on any atom is 0.420 e. The van der Waals surface area contributed by atoms with E-state index in [4.69, 9.17) is 0 Å². The molecule has 9 heteroatoms. The van der Waals surface area contributed by atoms with Crippen LogP contribution in [0, 0.1) is 23.2 Å². The SMILES string of the molecule is O=S(=O)(N=C([O-])C(F)(F)F)OCC12CC3CC(CC(C3)C1)C2. The van der Waals surface area contributed by atoms with Gasteiger partial charge in [0.1, 0.15) is 0 Å². The second kappa shape index (κ2) is 5.09. The Morgan fingerprint density at radius 3 is 2.00 bits per heavy atom. The van der Waals surface area contributed by atoms with Gasteiger partial charge in [-0.3, -0.25) is 4.18 Å². The topological polar surface area (TPSA) is 78.8 Å². The van der Waals surface area contributed by atoms with E-state index in [1.54, 1.807) is 0 Å². The Kier molecular flexibility index (Phi) is 3.71. The van der Waals surface area contributed by atoms with Crippen molar-refractivity contribution in [3.63, 3.8) is 0 Å². The van der Waals surface area contributed by atoms with E-state index >= 15 is 0 Å². The molecular weight excluding hydrogens is 323 g/mol. The first-order valence-corrected chi connectivity index (χ1v) is 8.67. The second-order valence-corrected chi connectivity index (χ2v) is 8.28. The van der Waals surface area contributed by atoms with Gasteiger partial charge in [-0.1, -0.05) is 0 Å². The predicted molar refractivity (Wildman–Crippen MR) is 69.0 cm³/mol. The fraction of sp³-hybridized carbons (Fsp3) is 0.923. The van der Waals surface area contributed by atoms with E-state index in [0.29, 0.717) is 17.8 Å². The van der Waals surface area contributed by atoms with Crippen molar-refractivity contribution in [2.45, 2.75) is 44.7 Å². The lowest BCUT2D eigenvalue weighted by atomic mass is 9.50. The van der Waals surface area contributed by atoms with Gasteiger partial charge in [-0.25, -0.2) is 0 Å². The first-order chi connectivity index (χ1) is 10.1. The molecule has 0 unspecified atom stereocenters. The average Bonchev–Trinajstić information content (AvgIpc) is 2.33. The van der Waals surface area contributed by atoms with Gasteiger partial charge in [-0.15, -0.1) is 0 Å². The van der Waals surface area contributed by atoms with Gasteiger partial charge in [-0.05, 0) is 61.7 Å². The highest BCUT2D eigenvalue weighted by Gasteiger charge is 2.51. The molecule has 0 aromatic heterocycles.